The minimum atomic E-state index is 0.314. The number of hydrogen-bond acceptors (Lipinski definition) is 3. The van der Waals surface area contributed by atoms with Crippen LogP contribution in [0.15, 0.2) is 18.2 Å². The first kappa shape index (κ1) is 14.2. The van der Waals surface area contributed by atoms with Gasteiger partial charge in [0.25, 0.3) is 0 Å². The molecular weight excluding hydrogens is 256 g/mol. The molecule has 0 radical (unpaired) electrons. The third kappa shape index (κ3) is 4.50. The number of benzene rings is 1. The molecule has 0 spiro atoms. The molecule has 0 aromatic heterocycles. The molecule has 1 atom stereocenters. The van der Waals surface area contributed by atoms with Gasteiger partial charge in [-0.15, -0.1) is 0 Å². The molecule has 94 valence electrons. The highest BCUT2D eigenvalue weighted by atomic mass is 35.5. The Labute approximate surface area is 112 Å². The summed E-state index contributed by atoms with van der Waals surface area (Å²) in [7, 11) is 1.70. The number of hydrogen-bond donors (Lipinski definition) is 2. The Bertz CT molecular complexity index is 398. The van der Waals surface area contributed by atoms with E-state index in [2.05, 4.69) is 12.2 Å². The largest absolute Gasteiger partial charge is 0.389 e. The van der Waals surface area contributed by atoms with Gasteiger partial charge in [-0.2, -0.15) is 0 Å². The Kier molecular flexibility index (Phi) is 5.68. The van der Waals surface area contributed by atoms with Crippen molar-refractivity contribution in [2.24, 2.45) is 11.7 Å². The van der Waals surface area contributed by atoms with Gasteiger partial charge >= 0.3 is 0 Å². The first-order valence-electron chi connectivity index (χ1n) is 5.36. The summed E-state index contributed by atoms with van der Waals surface area (Å²) in [5.41, 5.74) is 7.20. The second kappa shape index (κ2) is 6.79. The van der Waals surface area contributed by atoms with Crippen molar-refractivity contribution in [1.29, 1.82) is 0 Å². The van der Waals surface area contributed by atoms with Crippen molar-refractivity contribution in [3.8, 4) is 0 Å². The van der Waals surface area contributed by atoms with Crippen molar-refractivity contribution in [3.05, 3.63) is 28.8 Å². The van der Waals surface area contributed by atoms with Gasteiger partial charge in [0.05, 0.1) is 11.6 Å². The SMILES string of the molecule is COCC(C)CNc1ccc(C(N)=S)c(Cl)c1. The van der Waals surface area contributed by atoms with Crippen molar-refractivity contribution in [2.45, 2.75) is 6.92 Å². The highest BCUT2D eigenvalue weighted by Gasteiger charge is 2.05. The molecule has 0 aliphatic heterocycles. The van der Waals surface area contributed by atoms with Crippen LogP contribution in [0, 0.1) is 5.92 Å². The first-order valence-corrected chi connectivity index (χ1v) is 6.15. The van der Waals surface area contributed by atoms with Crippen LogP contribution in [0.1, 0.15) is 12.5 Å². The monoisotopic (exact) mass is 272 g/mol. The molecule has 1 aromatic rings. The van der Waals surface area contributed by atoms with Crippen LogP contribution in [0.3, 0.4) is 0 Å². The lowest BCUT2D eigenvalue weighted by Gasteiger charge is -2.13. The molecule has 0 aliphatic rings. The second-order valence-electron chi connectivity index (χ2n) is 4.00. The van der Waals surface area contributed by atoms with E-state index in [1.165, 1.54) is 0 Å². The lowest BCUT2D eigenvalue weighted by Crippen LogP contribution is -2.16. The quantitative estimate of drug-likeness (QED) is 0.782. The maximum atomic E-state index is 6.07. The Balaban J connectivity index is 2.62. The van der Waals surface area contributed by atoms with Gasteiger partial charge in [-0.3, -0.25) is 0 Å². The number of rotatable bonds is 6. The van der Waals surface area contributed by atoms with Crippen LogP contribution in [0.2, 0.25) is 5.02 Å². The molecular formula is C12H17ClN2OS. The van der Waals surface area contributed by atoms with Crippen molar-refractivity contribution in [2.75, 3.05) is 25.6 Å². The van der Waals surface area contributed by atoms with E-state index in [0.29, 0.717) is 21.5 Å². The summed E-state index contributed by atoms with van der Waals surface area (Å²) in [6, 6.07) is 5.57. The topological polar surface area (TPSA) is 47.3 Å². The maximum Gasteiger partial charge on any atom is 0.105 e. The summed E-state index contributed by atoms with van der Waals surface area (Å²) >= 11 is 11.0. The van der Waals surface area contributed by atoms with Gasteiger partial charge in [0.1, 0.15) is 4.99 Å². The Hall–Kier alpha value is -0.840. The molecule has 0 amide bonds. The van der Waals surface area contributed by atoms with Crippen LogP contribution >= 0.6 is 23.8 Å². The lowest BCUT2D eigenvalue weighted by molar-refractivity contribution is 0.164. The van der Waals surface area contributed by atoms with Crippen LogP contribution in [0.25, 0.3) is 0 Å². The molecule has 5 heteroatoms. The minimum absolute atomic E-state index is 0.314. The number of nitrogens with one attached hydrogen (secondary N) is 1. The third-order valence-electron chi connectivity index (χ3n) is 2.34. The predicted octanol–water partition coefficient (Wildman–Crippen LogP) is 2.67. The number of nitrogens with two attached hydrogens (primary N) is 1. The molecule has 0 saturated heterocycles. The maximum absolute atomic E-state index is 6.07. The van der Waals surface area contributed by atoms with Crippen molar-refractivity contribution in [3.63, 3.8) is 0 Å². The zero-order chi connectivity index (χ0) is 12.8. The average molecular weight is 273 g/mol. The normalized spacial score (nSPS) is 12.2. The number of thiocarbonyl (C=S) groups is 1. The molecule has 1 unspecified atom stereocenters. The highest BCUT2D eigenvalue weighted by Crippen LogP contribution is 2.21. The first-order chi connectivity index (χ1) is 8.04. The zero-order valence-electron chi connectivity index (χ0n) is 10.00. The van der Waals surface area contributed by atoms with Crippen molar-refractivity contribution < 1.29 is 4.74 Å². The summed E-state index contributed by atoms with van der Waals surface area (Å²) in [5.74, 6) is 0.439. The van der Waals surface area contributed by atoms with Gasteiger partial charge in [0, 0.05) is 24.9 Å². The number of methoxy groups -OCH3 is 1. The van der Waals surface area contributed by atoms with Gasteiger partial charge in [0.15, 0.2) is 0 Å². The van der Waals surface area contributed by atoms with Gasteiger partial charge in [-0.05, 0) is 24.1 Å². The second-order valence-corrected chi connectivity index (χ2v) is 4.85. The standard InChI is InChI=1S/C12H17ClN2OS/c1-8(7-16-2)6-15-9-3-4-10(12(14)17)11(13)5-9/h3-5,8,15H,6-7H2,1-2H3,(H2,14,17). The molecule has 0 saturated carbocycles. The molecule has 3 N–H and O–H groups in total. The molecule has 1 aromatic carbocycles. The Morgan fingerprint density at radius 1 is 1.59 bits per heavy atom. The summed E-state index contributed by atoms with van der Waals surface area (Å²) in [6.45, 7) is 3.67. The number of halogens is 1. The molecule has 1 rings (SSSR count). The van der Waals surface area contributed by atoms with E-state index in [1.54, 1.807) is 7.11 Å². The number of ether oxygens (including phenoxy) is 1. The summed E-state index contributed by atoms with van der Waals surface area (Å²) in [5, 5.41) is 3.86. The van der Waals surface area contributed by atoms with E-state index in [9.17, 15) is 0 Å². The van der Waals surface area contributed by atoms with Crippen molar-refractivity contribution in [1.82, 2.24) is 0 Å². The van der Waals surface area contributed by atoms with E-state index in [1.807, 2.05) is 18.2 Å². The molecule has 3 nitrogen and oxygen atoms in total. The molecule has 0 bridgehead atoms. The lowest BCUT2D eigenvalue weighted by atomic mass is 10.1. The molecule has 17 heavy (non-hydrogen) atoms. The fourth-order valence-corrected chi connectivity index (χ4v) is 1.98. The Morgan fingerprint density at radius 2 is 2.29 bits per heavy atom. The third-order valence-corrected chi connectivity index (χ3v) is 2.87. The van der Waals surface area contributed by atoms with Crippen LogP contribution in [-0.4, -0.2) is 25.2 Å². The van der Waals surface area contributed by atoms with Gasteiger partial charge in [-0.1, -0.05) is 30.7 Å². The van der Waals surface area contributed by atoms with Crippen LogP contribution in [0.5, 0.6) is 0 Å². The average Bonchev–Trinajstić information content (AvgIpc) is 2.26. The van der Waals surface area contributed by atoms with Crippen LogP contribution in [-0.2, 0) is 4.74 Å². The fraction of sp³-hybridized carbons (Fsp3) is 0.417. The van der Waals surface area contributed by atoms with Crippen LogP contribution in [0.4, 0.5) is 5.69 Å². The van der Waals surface area contributed by atoms with E-state index < -0.39 is 0 Å². The predicted molar refractivity (Wildman–Crippen MR) is 76.9 cm³/mol. The smallest absolute Gasteiger partial charge is 0.105 e. The van der Waals surface area contributed by atoms with Gasteiger partial charge in [0.2, 0.25) is 0 Å². The van der Waals surface area contributed by atoms with Gasteiger partial charge < -0.3 is 15.8 Å². The summed E-state index contributed by atoms with van der Waals surface area (Å²) < 4.78 is 5.07. The van der Waals surface area contributed by atoms with E-state index >= 15 is 0 Å². The fourth-order valence-electron chi connectivity index (χ4n) is 1.46. The Morgan fingerprint density at radius 3 is 2.82 bits per heavy atom. The van der Waals surface area contributed by atoms with E-state index in [4.69, 9.17) is 34.3 Å². The summed E-state index contributed by atoms with van der Waals surface area (Å²) in [6.07, 6.45) is 0. The molecule has 0 fully saturated rings. The molecule has 0 heterocycles. The highest BCUT2D eigenvalue weighted by molar-refractivity contribution is 7.80. The summed E-state index contributed by atoms with van der Waals surface area (Å²) in [4.78, 5) is 0.314. The van der Waals surface area contributed by atoms with E-state index in [0.717, 1.165) is 18.8 Å². The zero-order valence-corrected chi connectivity index (χ0v) is 11.6. The van der Waals surface area contributed by atoms with Gasteiger partial charge in [-0.25, -0.2) is 0 Å². The van der Waals surface area contributed by atoms with E-state index in [-0.39, 0.29) is 0 Å². The van der Waals surface area contributed by atoms with Crippen molar-refractivity contribution >= 4 is 34.5 Å². The number of anilines is 1. The minimum Gasteiger partial charge on any atom is -0.389 e. The van der Waals surface area contributed by atoms with Crippen LogP contribution < -0.4 is 11.1 Å². The molecule has 0 aliphatic carbocycles.